The molecule has 90 valence electrons. The Hall–Kier alpha value is -1.26. The summed E-state index contributed by atoms with van der Waals surface area (Å²) in [6.45, 7) is 3.64. The number of carboxylic acids is 1. The van der Waals surface area contributed by atoms with Crippen LogP contribution in [0.25, 0.3) is 0 Å². The number of aryl methyl sites for hydroxylation is 2. The van der Waals surface area contributed by atoms with Gasteiger partial charge in [0.25, 0.3) is 0 Å². The van der Waals surface area contributed by atoms with Crippen LogP contribution in [0.3, 0.4) is 0 Å². The molecule has 0 radical (unpaired) electrons. The molecule has 1 rings (SSSR count). The number of hydrogen-bond acceptors (Lipinski definition) is 3. The van der Waals surface area contributed by atoms with Crippen LogP contribution in [0.2, 0.25) is 0 Å². The molecule has 0 heterocycles. The molecule has 0 bridgehead atoms. The van der Waals surface area contributed by atoms with Crippen LogP contribution in [0.1, 0.15) is 29.2 Å². The molecule has 0 aliphatic heterocycles. The van der Waals surface area contributed by atoms with Crippen LogP contribution in [0.5, 0.6) is 5.75 Å². The smallest absolute Gasteiger partial charge is 0.305 e. The summed E-state index contributed by atoms with van der Waals surface area (Å²) in [7, 11) is 0. The summed E-state index contributed by atoms with van der Waals surface area (Å²) < 4.78 is 0. The second kappa shape index (κ2) is 5.72. The fourth-order valence-corrected chi connectivity index (χ4v) is 1.57. The van der Waals surface area contributed by atoms with Gasteiger partial charge in [-0.1, -0.05) is 17.7 Å². The molecular formula is C11H16ClNO3. The minimum atomic E-state index is -0.971. The number of nitrogens with two attached hydrogens (primary N) is 1. The van der Waals surface area contributed by atoms with Crippen molar-refractivity contribution in [2.24, 2.45) is 5.73 Å². The van der Waals surface area contributed by atoms with E-state index >= 15 is 0 Å². The van der Waals surface area contributed by atoms with Crippen LogP contribution >= 0.6 is 12.4 Å². The van der Waals surface area contributed by atoms with Crippen LogP contribution in [-0.2, 0) is 4.79 Å². The van der Waals surface area contributed by atoms with Crippen molar-refractivity contribution < 1.29 is 15.0 Å². The van der Waals surface area contributed by atoms with E-state index < -0.39 is 12.0 Å². The molecule has 0 fully saturated rings. The van der Waals surface area contributed by atoms with E-state index in [1.165, 1.54) is 0 Å². The first-order valence-electron chi connectivity index (χ1n) is 4.69. The average Bonchev–Trinajstić information content (AvgIpc) is 2.09. The van der Waals surface area contributed by atoms with Crippen molar-refractivity contribution >= 4 is 18.4 Å². The van der Waals surface area contributed by atoms with Crippen molar-refractivity contribution in [3.63, 3.8) is 0 Å². The van der Waals surface area contributed by atoms with Gasteiger partial charge in [-0.15, -0.1) is 12.4 Å². The Kier molecular flexibility index (Phi) is 5.27. The van der Waals surface area contributed by atoms with Crippen LogP contribution in [0.15, 0.2) is 12.1 Å². The Labute approximate surface area is 100 Å². The second-order valence-corrected chi connectivity index (χ2v) is 3.72. The minimum absolute atomic E-state index is 0. The van der Waals surface area contributed by atoms with Gasteiger partial charge < -0.3 is 15.9 Å². The third-order valence-corrected chi connectivity index (χ3v) is 2.27. The fourth-order valence-electron chi connectivity index (χ4n) is 1.57. The number of carboxylic acid groups (broad SMARTS) is 1. The van der Waals surface area contributed by atoms with Gasteiger partial charge in [0, 0.05) is 11.6 Å². The van der Waals surface area contributed by atoms with E-state index in [1.807, 2.05) is 13.0 Å². The lowest BCUT2D eigenvalue weighted by atomic mass is 9.98. The summed E-state index contributed by atoms with van der Waals surface area (Å²) in [5.74, 6) is -0.879. The normalized spacial score (nSPS) is 11.7. The molecular weight excluding hydrogens is 230 g/mol. The molecule has 4 nitrogen and oxygen atoms in total. The predicted molar refractivity (Wildman–Crippen MR) is 64.0 cm³/mol. The Bertz CT molecular complexity index is 393. The van der Waals surface area contributed by atoms with Crippen LogP contribution in [0.4, 0.5) is 0 Å². The Balaban J connectivity index is 0.00000225. The molecule has 0 unspecified atom stereocenters. The van der Waals surface area contributed by atoms with Gasteiger partial charge in [0.05, 0.1) is 6.42 Å². The lowest BCUT2D eigenvalue weighted by Gasteiger charge is -2.14. The number of carbonyl (C=O) groups is 1. The molecule has 0 spiro atoms. The number of rotatable bonds is 3. The number of halogens is 1. The van der Waals surface area contributed by atoms with Gasteiger partial charge in [0.15, 0.2) is 0 Å². The average molecular weight is 246 g/mol. The molecule has 0 saturated carbocycles. The first-order chi connectivity index (χ1) is 6.91. The van der Waals surface area contributed by atoms with E-state index in [4.69, 9.17) is 10.8 Å². The van der Waals surface area contributed by atoms with E-state index in [2.05, 4.69) is 0 Å². The number of aliphatic carboxylic acids is 1. The number of hydrogen-bond donors (Lipinski definition) is 3. The molecule has 0 aliphatic rings. The van der Waals surface area contributed by atoms with Crippen molar-refractivity contribution in [3.05, 3.63) is 28.8 Å². The number of phenols is 1. The first-order valence-corrected chi connectivity index (χ1v) is 4.69. The van der Waals surface area contributed by atoms with Gasteiger partial charge in [-0.05, 0) is 19.4 Å². The van der Waals surface area contributed by atoms with Gasteiger partial charge >= 0.3 is 5.97 Å². The molecule has 1 atom stereocenters. The third kappa shape index (κ3) is 3.40. The van der Waals surface area contributed by atoms with Crippen molar-refractivity contribution in [1.29, 1.82) is 0 Å². The summed E-state index contributed by atoms with van der Waals surface area (Å²) in [5.41, 5.74) is 7.86. The molecule has 0 saturated heterocycles. The van der Waals surface area contributed by atoms with E-state index in [1.54, 1.807) is 13.0 Å². The Morgan fingerprint density at radius 1 is 1.44 bits per heavy atom. The number of benzene rings is 1. The molecule has 16 heavy (non-hydrogen) atoms. The minimum Gasteiger partial charge on any atom is -0.507 e. The van der Waals surface area contributed by atoms with Crippen molar-refractivity contribution in [2.45, 2.75) is 26.3 Å². The summed E-state index contributed by atoms with van der Waals surface area (Å²) in [4.78, 5) is 10.5. The highest BCUT2D eigenvalue weighted by molar-refractivity contribution is 5.85. The summed E-state index contributed by atoms with van der Waals surface area (Å²) in [6, 6.07) is 2.88. The largest absolute Gasteiger partial charge is 0.507 e. The molecule has 1 aromatic rings. The topological polar surface area (TPSA) is 83.5 Å². The highest BCUT2D eigenvalue weighted by atomic mass is 35.5. The second-order valence-electron chi connectivity index (χ2n) is 3.72. The third-order valence-electron chi connectivity index (χ3n) is 2.27. The number of aromatic hydroxyl groups is 1. The lowest BCUT2D eigenvalue weighted by Crippen LogP contribution is -2.15. The summed E-state index contributed by atoms with van der Waals surface area (Å²) in [6.07, 6.45) is -0.184. The van der Waals surface area contributed by atoms with Gasteiger partial charge in [-0.2, -0.15) is 0 Å². The highest BCUT2D eigenvalue weighted by Crippen LogP contribution is 2.29. The number of phenolic OH excluding ortho intramolecular Hbond substituents is 1. The molecule has 4 N–H and O–H groups in total. The predicted octanol–water partition coefficient (Wildman–Crippen LogP) is 1.91. The molecule has 5 heteroatoms. The van der Waals surface area contributed by atoms with Crippen LogP contribution in [-0.4, -0.2) is 16.2 Å². The van der Waals surface area contributed by atoms with Gasteiger partial charge in [0.2, 0.25) is 0 Å². The zero-order valence-corrected chi connectivity index (χ0v) is 10.0. The van der Waals surface area contributed by atoms with E-state index in [0.717, 1.165) is 5.56 Å². The van der Waals surface area contributed by atoms with E-state index in [-0.39, 0.29) is 24.6 Å². The fraction of sp³-hybridized carbons (Fsp3) is 0.364. The van der Waals surface area contributed by atoms with Crippen LogP contribution < -0.4 is 5.73 Å². The van der Waals surface area contributed by atoms with Crippen molar-refractivity contribution in [2.75, 3.05) is 0 Å². The maximum absolute atomic E-state index is 10.5. The maximum Gasteiger partial charge on any atom is 0.305 e. The summed E-state index contributed by atoms with van der Waals surface area (Å²) in [5, 5.41) is 18.3. The maximum atomic E-state index is 10.5. The van der Waals surface area contributed by atoms with Crippen molar-refractivity contribution in [1.82, 2.24) is 0 Å². The SMILES string of the molecule is Cc1cc(C)c(O)c([C@H](N)CC(=O)O)c1.Cl. The molecule has 0 amide bonds. The highest BCUT2D eigenvalue weighted by Gasteiger charge is 2.16. The monoisotopic (exact) mass is 245 g/mol. The zero-order chi connectivity index (χ0) is 11.6. The zero-order valence-electron chi connectivity index (χ0n) is 9.23. The lowest BCUT2D eigenvalue weighted by molar-refractivity contribution is -0.137. The first kappa shape index (κ1) is 14.7. The van der Waals surface area contributed by atoms with Gasteiger partial charge in [-0.25, -0.2) is 0 Å². The van der Waals surface area contributed by atoms with E-state index in [0.29, 0.717) is 11.1 Å². The molecule has 0 aromatic heterocycles. The summed E-state index contributed by atoms with van der Waals surface area (Å²) >= 11 is 0. The van der Waals surface area contributed by atoms with Gasteiger partial charge in [-0.3, -0.25) is 4.79 Å². The Morgan fingerprint density at radius 3 is 2.50 bits per heavy atom. The van der Waals surface area contributed by atoms with Crippen molar-refractivity contribution in [3.8, 4) is 5.75 Å². The standard InChI is InChI=1S/C11H15NO3.ClH/c1-6-3-7(2)11(15)8(4-6)9(12)5-10(13)14;/h3-4,9,15H,5,12H2,1-2H3,(H,13,14);1H/t9-;/m1./s1. The Morgan fingerprint density at radius 2 is 2.00 bits per heavy atom. The molecule has 1 aromatic carbocycles. The quantitative estimate of drug-likeness (QED) is 0.760. The van der Waals surface area contributed by atoms with Crippen LogP contribution in [0, 0.1) is 13.8 Å². The van der Waals surface area contributed by atoms with Gasteiger partial charge in [0.1, 0.15) is 5.75 Å². The molecule has 0 aliphatic carbocycles. The van der Waals surface area contributed by atoms with E-state index in [9.17, 15) is 9.90 Å².